The fraction of sp³-hybridized carbons (Fsp3) is 0.667. The summed E-state index contributed by atoms with van der Waals surface area (Å²) in [6, 6.07) is -0.153. The number of nitrogens with zero attached hydrogens (tertiary/aromatic N) is 3. The van der Waals surface area contributed by atoms with Gasteiger partial charge in [0.05, 0.1) is 19.9 Å². The molecule has 100 valence electrons. The van der Waals surface area contributed by atoms with Crippen LogP contribution < -0.4 is 0 Å². The number of aromatic nitrogens is 2. The molecule has 1 fully saturated rings. The predicted octanol–water partition coefficient (Wildman–Crippen LogP) is 1.60. The van der Waals surface area contributed by atoms with Crippen LogP contribution in [-0.2, 0) is 23.1 Å². The predicted molar refractivity (Wildman–Crippen MR) is 68.3 cm³/mol. The van der Waals surface area contributed by atoms with Crippen molar-refractivity contribution in [2.45, 2.75) is 31.8 Å². The van der Waals surface area contributed by atoms with Gasteiger partial charge in [-0.2, -0.15) is 0 Å². The Hall–Kier alpha value is -1.07. The molecule has 1 aromatic rings. The maximum absolute atomic E-state index is 11.7. The van der Waals surface area contributed by atoms with Gasteiger partial charge < -0.3 is 9.30 Å². The highest BCUT2D eigenvalue weighted by molar-refractivity contribution is 6.29. The molecule has 1 saturated heterocycles. The third kappa shape index (κ3) is 2.67. The molecule has 0 bridgehead atoms. The summed E-state index contributed by atoms with van der Waals surface area (Å²) in [7, 11) is 3.31. The van der Waals surface area contributed by atoms with Crippen LogP contribution in [0.5, 0.6) is 0 Å². The number of imidazole rings is 1. The number of ether oxygens (including phenoxy) is 1. The Kier molecular flexibility index (Phi) is 4.24. The summed E-state index contributed by atoms with van der Waals surface area (Å²) in [5.74, 6) is 0.714. The van der Waals surface area contributed by atoms with Crippen molar-refractivity contribution < 1.29 is 9.53 Å². The normalized spacial score (nSPS) is 20.9. The Bertz CT molecular complexity index is 433. The molecule has 1 aromatic heterocycles. The number of esters is 1. The molecule has 0 spiro atoms. The minimum atomic E-state index is -0.157. The fourth-order valence-corrected chi connectivity index (χ4v) is 2.48. The maximum Gasteiger partial charge on any atom is 0.323 e. The highest BCUT2D eigenvalue weighted by Gasteiger charge is 2.30. The molecule has 2 heterocycles. The van der Waals surface area contributed by atoms with Crippen molar-refractivity contribution in [1.82, 2.24) is 14.5 Å². The van der Waals surface area contributed by atoms with Crippen molar-refractivity contribution in [3.8, 4) is 0 Å². The van der Waals surface area contributed by atoms with E-state index < -0.39 is 0 Å². The van der Waals surface area contributed by atoms with Crippen molar-refractivity contribution in [2.75, 3.05) is 13.7 Å². The van der Waals surface area contributed by atoms with Crippen molar-refractivity contribution >= 4 is 17.6 Å². The molecule has 1 aliphatic rings. The van der Waals surface area contributed by atoms with Gasteiger partial charge in [-0.1, -0.05) is 18.0 Å². The SMILES string of the molecule is COC(=O)[C@H]1CCCCN1Cc1ncc(Cl)n1C. The lowest BCUT2D eigenvalue weighted by atomic mass is 10.0. The molecule has 6 heteroatoms. The average Bonchev–Trinajstić information content (AvgIpc) is 2.70. The number of carbonyl (C=O) groups excluding carboxylic acids is 1. The molecular formula is C12H18ClN3O2. The van der Waals surface area contributed by atoms with Crippen molar-refractivity contribution in [1.29, 1.82) is 0 Å². The number of piperidine rings is 1. The standard InChI is InChI=1S/C12H18ClN3O2/c1-15-10(13)7-14-11(15)8-16-6-4-3-5-9(16)12(17)18-2/h7,9H,3-6,8H2,1-2H3/t9-/m1/s1. The van der Waals surface area contributed by atoms with E-state index in [0.29, 0.717) is 11.7 Å². The number of likely N-dealkylation sites (tertiary alicyclic amines) is 1. The van der Waals surface area contributed by atoms with Crippen molar-refractivity contribution in [2.24, 2.45) is 7.05 Å². The highest BCUT2D eigenvalue weighted by Crippen LogP contribution is 2.21. The van der Waals surface area contributed by atoms with E-state index in [1.807, 2.05) is 11.6 Å². The lowest BCUT2D eigenvalue weighted by molar-refractivity contribution is -0.148. The monoisotopic (exact) mass is 271 g/mol. The summed E-state index contributed by atoms with van der Waals surface area (Å²) in [5.41, 5.74) is 0. The molecule has 1 atom stereocenters. The van der Waals surface area contributed by atoms with E-state index in [1.165, 1.54) is 7.11 Å². The van der Waals surface area contributed by atoms with Gasteiger partial charge in [-0.05, 0) is 19.4 Å². The Morgan fingerprint density at radius 1 is 1.61 bits per heavy atom. The Labute approximate surface area is 112 Å². The third-order valence-corrected chi connectivity index (χ3v) is 3.81. The summed E-state index contributed by atoms with van der Waals surface area (Å²) in [5, 5.41) is 0.608. The van der Waals surface area contributed by atoms with E-state index in [9.17, 15) is 4.79 Å². The Balaban J connectivity index is 2.10. The molecule has 2 rings (SSSR count). The minimum Gasteiger partial charge on any atom is -0.468 e. The largest absolute Gasteiger partial charge is 0.468 e. The number of methoxy groups -OCH3 is 1. The lowest BCUT2D eigenvalue weighted by Gasteiger charge is -2.33. The quantitative estimate of drug-likeness (QED) is 0.784. The van der Waals surface area contributed by atoms with Crippen LogP contribution in [0.3, 0.4) is 0 Å². The smallest absolute Gasteiger partial charge is 0.323 e. The molecule has 0 unspecified atom stereocenters. The maximum atomic E-state index is 11.7. The molecular weight excluding hydrogens is 254 g/mol. The molecule has 0 N–H and O–H groups in total. The topological polar surface area (TPSA) is 47.4 Å². The molecule has 1 aliphatic heterocycles. The van der Waals surface area contributed by atoms with Crippen LogP contribution in [0.1, 0.15) is 25.1 Å². The minimum absolute atomic E-state index is 0.153. The van der Waals surface area contributed by atoms with E-state index in [0.717, 1.165) is 31.6 Å². The van der Waals surface area contributed by atoms with Gasteiger partial charge in [0.2, 0.25) is 0 Å². The molecule has 0 amide bonds. The summed E-state index contributed by atoms with van der Waals surface area (Å²) in [6.45, 7) is 1.52. The Morgan fingerprint density at radius 3 is 3.00 bits per heavy atom. The average molecular weight is 272 g/mol. The summed E-state index contributed by atoms with van der Waals surface area (Å²) in [6.07, 6.45) is 4.65. The number of rotatable bonds is 3. The molecule has 0 aromatic carbocycles. The van der Waals surface area contributed by atoms with Gasteiger partial charge in [-0.25, -0.2) is 4.98 Å². The first-order chi connectivity index (χ1) is 8.63. The van der Waals surface area contributed by atoms with Crippen LogP contribution in [0.2, 0.25) is 5.15 Å². The third-order valence-electron chi connectivity index (χ3n) is 3.46. The Morgan fingerprint density at radius 2 is 2.39 bits per heavy atom. The van der Waals surface area contributed by atoms with E-state index in [-0.39, 0.29) is 12.0 Å². The summed E-state index contributed by atoms with van der Waals surface area (Å²) in [4.78, 5) is 18.1. The zero-order valence-corrected chi connectivity index (χ0v) is 11.5. The van der Waals surface area contributed by atoms with E-state index >= 15 is 0 Å². The van der Waals surface area contributed by atoms with Gasteiger partial charge in [0.15, 0.2) is 0 Å². The number of halogens is 1. The lowest BCUT2D eigenvalue weighted by Crippen LogP contribution is -2.45. The highest BCUT2D eigenvalue weighted by atomic mass is 35.5. The van der Waals surface area contributed by atoms with E-state index in [2.05, 4.69) is 9.88 Å². The second-order valence-electron chi connectivity index (χ2n) is 4.56. The van der Waals surface area contributed by atoms with Crippen LogP contribution in [0, 0.1) is 0 Å². The number of hydrogen-bond acceptors (Lipinski definition) is 4. The van der Waals surface area contributed by atoms with Gasteiger partial charge in [-0.3, -0.25) is 9.69 Å². The molecule has 0 saturated carbocycles. The van der Waals surface area contributed by atoms with Gasteiger partial charge >= 0.3 is 5.97 Å². The summed E-state index contributed by atoms with van der Waals surface area (Å²) >= 11 is 5.96. The van der Waals surface area contributed by atoms with Crippen molar-refractivity contribution in [3.05, 3.63) is 17.2 Å². The van der Waals surface area contributed by atoms with Gasteiger partial charge in [0, 0.05) is 7.05 Å². The summed E-state index contributed by atoms with van der Waals surface area (Å²) < 4.78 is 6.70. The second-order valence-corrected chi connectivity index (χ2v) is 4.95. The first-order valence-corrected chi connectivity index (χ1v) is 6.49. The first-order valence-electron chi connectivity index (χ1n) is 6.11. The zero-order valence-electron chi connectivity index (χ0n) is 10.7. The van der Waals surface area contributed by atoms with Gasteiger partial charge in [-0.15, -0.1) is 0 Å². The van der Waals surface area contributed by atoms with Crippen LogP contribution in [-0.4, -0.2) is 40.1 Å². The van der Waals surface area contributed by atoms with E-state index in [1.54, 1.807) is 6.20 Å². The van der Waals surface area contributed by atoms with Crippen LogP contribution in [0.4, 0.5) is 0 Å². The fourth-order valence-electron chi connectivity index (χ4n) is 2.34. The van der Waals surface area contributed by atoms with Crippen LogP contribution >= 0.6 is 11.6 Å². The van der Waals surface area contributed by atoms with E-state index in [4.69, 9.17) is 16.3 Å². The molecule has 0 aliphatic carbocycles. The van der Waals surface area contributed by atoms with Crippen LogP contribution in [0.15, 0.2) is 6.20 Å². The molecule has 18 heavy (non-hydrogen) atoms. The van der Waals surface area contributed by atoms with Crippen LogP contribution in [0.25, 0.3) is 0 Å². The molecule has 0 radical (unpaired) electrons. The molecule has 5 nitrogen and oxygen atoms in total. The zero-order chi connectivity index (χ0) is 13.1. The first kappa shape index (κ1) is 13.4. The second kappa shape index (κ2) is 5.71. The van der Waals surface area contributed by atoms with Gasteiger partial charge in [0.25, 0.3) is 0 Å². The number of hydrogen-bond donors (Lipinski definition) is 0. The van der Waals surface area contributed by atoms with Crippen molar-refractivity contribution in [3.63, 3.8) is 0 Å². The number of carbonyl (C=O) groups is 1. The van der Waals surface area contributed by atoms with Gasteiger partial charge in [0.1, 0.15) is 17.0 Å².